The van der Waals surface area contributed by atoms with Crippen LogP contribution in [0.25, 0.3) is 0 Å². The van der Waals surface area contributed by atoms with Crippen molar-refractivity contribution in [2.45, 2.75) is 6.92 Å². The molecule has 0 radical (unpaired) electrons. The van der Waals surface area contributed by atoms with Crippen molar-refractivity contribution in [2.75, 3.05) is 0 Å². The molecular weight excluding hydrogens is 224 g/mol. The van der Waals surface area contributed by atoms with Gasteiger partial charge in [-0.3, -0.25) is 0 Å². The minimum atomic E-state index is -0.923. The molecule has 2 aromatic rings. The Morgan fingerprint density at radius 3 is 1.78 bits per heavy atom. The number of aromatic carboxylic acids is 1. The summed E-state index contributed by atoms with van der Waals surface area (Å²) in [4.78, 5) is 10.7. The minimum Gasteiger partial charge on any atom is -0.478 e. The molecule has 0 aliphatic rings. The Hall–Kier alpha value is -2.53. The summed E-state index contributed by atoms with van der Waals surface area (Å²) in [6.07, 6.45) is 0. The van der Waals surface area contributed by atoms with Crippen molar-refractivity contribution in [3.8, 4) is 11.8 Å². The lowest BCUT2D eigenvalue weighted by molar-refractivity contribution is 0.0697. The van der Waals surface area contributed by atoms with Crippen LogP contribution in [0.2, 0.25) is 0 Å². The topological polar surface area (TPSA) is 37.3 Å². The van der Waals surface area contributed by atoms with E-state index in [4.69, 9.17) is 5.11 Å². The molecule has 2 aromatic carbocycles. The van der Waals surface area contributed by atoms with Gasteiger partial charge >= 0.3 is 5.97 Å². The van der Waals surface area contributed by atoms with Gasteiger partial charge in [0.2, 0.25) is 0 Å². The van der Waals surface area contributed by atoms with Crippen LogP contribution >= 0.6 is 0 Å². The second kappa shape index (κ2) is 5.20. The first-order valence-electron chi connectivity index (χ1n) is 5.57. The number of carbonyl (C=O) groups is 1. The van der Waals surface area contributed by atoms with Gasteiger partial charge in [-0.2, -0.15) is 0 Å². The number of carboxylic acid groups (broad SMARTS) is 1. The number of rotatable bonds is 1. The van der Waals surface area contributed by atoms with Crippen LogP contribution in [0, 0.1) is 18.8 Å². The van der Waals surface area contributed by atoms with Crippen LogP contribution < -0.4 is 0 Å². The van der Waals surface area contributed by atoms with Crippen molar-refractivity contribution in [2.24, 2.45) is 0 Å². The zero-order valence-electron chi connectivity index (χ0n) is 9.97. The highest BCUT2D eigenvalue weighted by Gasteiger charge is 1.99. The molecule has 18 heavy (non-hydrogen) atoms. The third-order valence-electron chi connectivity index (χ3n) is 2.53. The Kier molecular flexibility index (Phi) is 3.45. The predicted octanol–water partition coefficient (Wildman–Crippen LogP) is 3.09. The van der Waals surface area contributed by atoms with Gasteiger partial charge in [-0.25, -0.2) is 4.79 Å². The maximum atomic E-state index is 10.7. The van der Waals surface area contributed by atoms with Crippen LogP contribution in [-0.2, 0) is 0 Å². The third-order valence-corrected chi connectivity index (χ3v) is 2.53. The van der Waals surface area contributed by atoms with Gasteiger partial charge in [-0.15, -0.1) is 0 Å². The van der Waals surface area contributed by atoms with Crippen LogP contribution in [0.3, 0.4) is 0 Å². The smallest absolute Gasteiger partial charge is 0.335 e. The summed E-state index contributed by atoms with van der Waals surface area (Å²) in [6.45, 7) is 2.03. The maximum Gasteiger partial charge on any atom is 0.335 e. The predicted molar refractivity (Wildman–Crippen MR) is 70.6 cm³/mol. The van der Waals surface area contributed by atoms with Gasteiger partial charge in [-0.05, 0) is 43.3 Å². The molecule has 0 amide bonds. The SMILES string of the molecule is Cc1ccc(C#Cc2ccc(C(=O)O)cc2)cc1. The van der Waals surface area contributed by atoms with Crippen molar-refractivity contribution in [1.82, 2.24) is 0 Å². The number of carboxylic acids is 1. The minimum absolute atomic E-state index is 0.274. The lowest BCUT2D eigenvalue weighted by atomic mass is 10.1. The molecule has 88 valence electrons. The van der Waals surface area contributed by atoms with Gasteiger partial charge in [-0.1, -0.05) is 29.5 Å². The third kappa shape index (κ3) is 2.99. The Labute approximate surface area is 106 Å². The zero-order valence-corrected chi connectivity index (χ0v) is 9.97. The molecule has 0 heterocycles. The van der Waals surface area contributed by atoms with E-state index in [1.807, 2.05) is 31.2 Å². The lowest BCUT2D eigenvalue weighted by Crippen LogP contribution is -1.94. The molecule has 2 heteroatoms. The normalized spacial score (nSPS) is 9.39. The van der Waals surface area contributed by atoms with Crippen LogP contribution in [0.5, 0.6) is 0 Å². The summed E-state index contributed by atoms with van der Waals surface area (Å²) in [7, 11) is 0. The summed E-state index contributed by atoms with van der Waals surface area (Å²) >= 11 is 0. The molecular formula is C16H12O2. The first-order valence-corrected chi connectivity index (χ1v) is 5.57. The molecule has 0 saturated heterocycles. The number of hydrogen-bond donors (Lipinski definition) is 1. The number of hydrogen-bond acceptors (Lipinski definition) is 1. The van der Waals surface area contributed by atoms with E-state index in [2.05, 4.69) is 11.8 Å². The number of benzene rings is 2. The molecule has 0 aromatic heterocycles. The van der Waals surface area contributed by atoms with Gasteiger partial charge in [0.1, 0.15) is 0 Å². The van der Waals surface area contributed by atoms with Crippen molar-refractivity contribution in [3.05, 3.63) is 70.8 Å². The van der Waals surface area contributed by atoms with Gasteiger partial charge in [0.15, 0.2) is 0 Å². The number of aryl methyl sites for hydroxylation is 1. The summed E-state index contributed by atoms with van der Waals surface area (Å²) in [5.41, 5.74) is 3.23. The molecule has 0 aliphatic heterocycles. The van der Waals surface area contributed by atoms with Gasteiger partial charge in [0.25, 0.3) is 0 Å². The van der Waals surface area contributed by atoms with Crippen molar-refractivity contribution >= 4 is 5.97 Å². The molecule has 0 saturated carbocycles. The van der Waals surface area contributed by atoms with Crippen molar-refractivity contribution < 1.29 is 9.90 Å². The van der Waals surface area contributed by atoms with Crippen LogP contribution in [-0.4, -0.2) is 11.1 Å². The molecule has 0 spiro atoms. The largest absolute Gasteiger partial charge is 0.478 e. The first kappa shape index (κ1) is 11.9. The summed E-state index contributed by atoms with van der Waals surface area (Å²) in [5, 5.41) is 8.77. The molecule has 0 atom stereocenters. The summed E-state index contributed by atoms with van der Waals surface area (Å²) < 4.78 is 0. The second-order valence-corrected chi connectivity index (χ2v) is 4.00. The van der Waals surface area contributed by atoms with E-state index >= 15 is 0 Å². The molecule has 0 unspecified atom stereocenters. The van der Waals surface area contributed by atoms with Gasteiger partial charge < -0.3 is 5.11 Å². The highest BCUT2D eigenvalue weighted by molar-refractivity contribution is 5.87. The fraction of sp³-hybridized carbons (Fsp3) is 0.0625. The molecule has 2 nitrogen and oxygen atoms in total. The van der Waals surface area contributed by atoms with E-state index in [0.717, 1.165) is 11.1 Å². The van der Waals surface area contributed by atoms with E-state index in [-0.39, 0.29) is 5.56 Å². The molecule has 2 rings (SSSR count). The zero-order chi connectivity index (χ0) is 13.0. The van der Waals surface area contributed by atoms with E-state index in [9.17, 15) is 4.79 Å². The average molecular weight is 236 g/mol. The van der Waals surface area contributed by atoms with Crippen LogP contribution in [0.15, 0.2) is 48.5 Å². The Morgan fingerprint density at radius 2 is 1.33 bits per heavy atom. The summed E-state index contributed by atoms with van der Waals surface area (Å²) in [5.74, 6) is 5.12. The fourth-order valence-corrected chi connectivity index (χ4v) is 1.48. The van der Waals surface area contributed by atoms with Crippen LogP contribution in [0.4, 0.5) is 0 Å². The Bertz CT molecular complexity index is 611. The quantitative estimate of drug-likeness (QED) is 0.772. The molecule has 1 N–H and O–H groups in total. The van der Waals surface area contributed by atoms with Crippen LogP contribution in [0.1, 0.15) is 27.0 Å². The maximum absolute atomic E-state index is 10.7. The molecule has 0 fully saturated rings. The van der Waals surface area contributed by atoms with Crippen molar-refractivity contribution in [3.63, 3.8) is 0 Å². The van der Waals surface area contributed by atoms with E-state index in [1.54, 1.807) is 24.3 Å². The average Bonchev–Trinajstić information content (AvgIpc) is 2.38. The van der Waals surface area contributed by atoms with E-state index in [0.29, 0.717) is 0 Å². The molecule has 0 aliphatic carbocycles. The van der Waals surface area contributed by atoms with Gasteiger partial charge in [0.05, 0.1) is 5.56 Å². The fourth-order valence-electron chi connectivity index (χ4n) is 1.48. The van der Waals surface area contributed by atoms with E-state index < -0.39 is 5.97 Å². The Morgan fingerprint density at radius 1 is 0.889 bits per heavy atom. The monoisotopic (exact) mass is 236 g/mol. The first-order chi connectivity index (χ1) is 8.65. The van der Waals surface area contributed by atoms with Crippen molar-refractivity contribution in [1.29, 1.82) is 0 Å². The standard InChI is InChI=1S/C16H12O2/c1-12-2-4-13(5-3-12)6-7-14-8-10-15(11-9-14)16(17)18/h2-5,8-11H,1H3,(H,17,18). The lowest BCUT2D eigenvalue weighted by Gasteiger charge is -1.94. The Balaban J connectivity index is 2.19. The molecule has 0 bridgehead atoms. The highest BCUT2D eigenvalue weighted by Crippen LogP contribution is 2.05. The highest BCUT2D eigenvalue weighted by atomic mass is 16.4. The van der Waals surface area contributed by atoms with E-state index in [1.165, 1.54) is 5.56 Å². The second-order valence-electron chi connectivity index (χ2n) is 4.00. The summed E-state index contributed by atoms with van der Waals surface area (Å²) in [6, 6.07) is 14.5. The van der Waals surface area contributed by atoms with Gasteiger partial charge in [0, 0.05) is 11.1 Å².